The van der Waals surface area contributed by atoms with Crippen LogP contribution in [-0.2, 0) is 26.1 Å². The molecule has 0 aliphatic carbocycles. The van der Waals surface area contributed by atoms with Gasteiger partial charge in [-0.3, -0.25) is 0 Å². The van der Waals surface area contributed by atoms with E-state index in [0.29, 0.717) is 23.2 Å². The Hall–Kier alpha value is -1.52. The van der Waals surface area contributed by atoms with E-state index in [1.54, 1.807) is 0 Å². The largest absolute Gasteiger partial charge is 0.457 e. The molecule has 1 aliphatic heterocycles. The number of sulfonamides is 1. The van der Waals surface area contributed by atoms with Crippen LogP contribution in [0.5, 0.6) is 0 Å². The van der Waals surface area contributed by atoms with Crippen LogP contribution in [-0.4, -0.2) is 45.0 Å². The van der Waals surface area contributed by atoms with Crippen molar-refractivity contribution >= 4 is 43.5 Å². The molecule has 1 heterocycles. The van der Waals surface area contributed by atoms with Crippen LogP contribution in [0.4, 0.5) is 4.39 Å². The van der Waals surface area contributed by atoms with E-state index < -0.39 is 21.8 Å². The Balaban J connectivity index is 1.79. The lowest BCUT2D eigenvalue weighted by atomic mass is 10.2. The standard InChI is InChI=1S/C18H16BrClFNO5S/c19-15-4-2-12(9-17(15)28(24,25)22-5-7-26-8-6-22)18(23)27-11-13-1-3-14(21)10-16(13)20/h1-4,9-10H,5-8,11H2. The minimum atomic E-state index is -3.79. The minimum Gasteiger partial charge on any atom is -0.457 e. The number of rotatable bonds is 5. The number of halogens is 3. The fraction of sp³-hybridized carbons (Fsp3) is 0.278. The fourth-order valence-corrected chi connectivity index (χ4v) is 5.20. The Kier molecular flexibility index (Phi) is 6.72. The zero-order valence-electron chi connectivity index (χ0n) is 14.5. The molecule has 2 aromatic rings. The van der Waals surface area contributed by atoms with Crippen LogP contribution in [0.15, 0.2) is 45.8 Å². The van der Waals surface area contributed by atoms with Gasteiger partial charge in [-0.25, -0.2) is 17.6 Å². The lowest BCUT2D eigenvalue weighted by Gasteiger charge is -2.26. The smallest absolute Gasteiger partial charge is 0.338 e. The van der Waals surface area contributed by atoms with Crippen LogP contribution in [0.25, 0.3) is 0 Å². The van der Waals surface area contributed by atoms with Gasteiger partial charge in [0.2, 0.25) is 10.0 Å². The van der Waals surface area contributed by atoms with Gasteiger partial charge in [0.05, 0.1) is 28.7 Å². The van der Waals surface area contributed by atoms with E-state index in [0.717, 1.165) is 6.07 Å². The third-order valence-electron chi connectivity index (χ3n) is 4.13. The summed E-state index contributed by atoms with van der Waals surface area (Å²) in [7, 11) is -3.79. The van der Waals surface area contributed by atoms with Gasteiger partial charge in [0, 0.05) is 23.1 Å². The van der Waals surface area contributed by atoms with E-state index in [1.807, 2.05) is 0 Å². The summed E-state index contributed by atoms with van der Waals surface area (Å²) in [5.41, 5.74) is 0.517. The van der Waals surface area contributed by atoms with Gasteiger partial charge in [-0.2, -0.15) is 4.31 Å². The molecule has 0 amide bonds. The Morgan fingerprint density at radius 3 is 2.61 bits per heavy atom. The maximum absolute atomic E-state index is 13.1. The number of nitrogens with zero attached hydrogens (tertiary/aromatic N) is 1. The average molecular weight is 493 g/mol. The highest BCUT2D eigenvalue weighted by atomic mass is 79.9. The SMILES string of the molecule is O=C(OCc1ccc(F)cc1Cl)c1ccc(Br)c(S(=O)(=O)N2CCOCC2)c1. The van der Waals surface area contributed by atoms with Gasteiger partial charge in [0.15, 0.2) is 0 Å². The average Bonchev–Trinajstić information content (AvgIpc) is 2.68. The normalized spacial score (nSPS) is 15.4. The van der Waals surface area contributed by atoms with Crippen molar-refractivity contribution in [2.24, 2.45) is 0 Å². The van der Waals surface area contributed by atoms with Crippen LogP contribution in [0, 0.1) is 5.82 Å². The zero-order valence-corrected chi connectivity index (χ0v) is 17.7. The van der Waals surface area contributed by atoms with Crippen molar-refractivity contribution in [2.75, 3.05) is 26.3 Å². The summed E-state index contributed by atoms with van der Waals surface area (Å²) < 4.78 is 50.9. The Morgan fingerprint density at radius 1 is 1.21 bits per heavy atom. The molecular weight excluding hydrogens is 477 g/mol. The van der Waals surface area contributed by atoms with Gasteiger partial charge in [-0.15, -0.1) is 0 Å². The summed E-state index contributed by atoms with van der Waals surface area (Å²) in [6.07, 6.45) is 0. The molecule has 1 saturated heterocycles. The molecule has 3 rings (SSSR count). The molecule has 0 bridgehead atoms. The molecule has 0 radical (unpaired) electrons. The van der Waals surface area contributed by atoms with Crippen LogP contribution in [0.2, 0.25) is 5.02 Å². The van der Waals surface area contributed by atoms with Crippen molar-refractivity contribution in [2.45, 2.75) is 11.5 Å². The van der Waals surface area contributed by atoms with Gasteiger partial charge in [0.1, 0.15) is 12.4 Å². The molecule has 10 heteroatoms. The second-order valence-electron chi connectivity index (χ2n) is 5.97. The third kappa shape index (κ3) is 4.72. The fourth-order valence-electron chi connectivity index (χ4n) is 2.62. The zero-order chi connectivity index (χ0) is 20.3. The van der Waals surface area contributed by atoms with E-state index in [9.17, 15) is 17.6 Å². The number of benzene rings is 2. The number of carbonyl (C=O) groups is 1. The lowest BCUT2D eigenvalue weighted by molar-refractivity contribution is 0.0472. The van der Waals surface area contributed by atoms with E-state index >= 15 is 0 Å². The summed E-state index contributed by atoms with van der Waals surface area (Å²) in [5.74, 6) is -1.21. The quantitative estimate of drug-likeness (QED) is 0.596. The van der Waals surface area contributed by atoms with E-state index in [2.05, 4.69) is 15.9 Å². The first kappa shape index (κ1) is 21.2. The molecule has 0 saturated carbocycles. The maximum atomic E-state index is 13.1. The Bertz CT molecular complexity index is 995. The molecule has 2 aromatic carbocycles. The van der Waals surface area contributed by atoms with Crippen LogP contribution in [0.3, 0.4) is 0 Å². The van der Waals surface area contributed by atoms with E-state index in [-0.39, 0.29) is 35.2 Å². The van der Waals surface area contributed by atoms with Crippen LogP contribution in [0.1, 0.15) is 15.9 Å². The molecule has 0 unspecified atom stereocenters. The van der Waals surface area contributed by atoms with Crippen LogP contribution < -0.4 is 0 Å². The molecule has 0 spiro atoms. The topological polar surface area (TPSA) is 72.9 Å². The van der Waals surface area contributed by atoms with Gasteiger partial charge in [0.25, 0.3) is 0 Å². The highest BCUT2D eigenvalue weighted by molar-refractivity contribution is 9.10. The summed E-state index contributed by atoms with van der Waals surface area (Å²) in [4.78, 5) is 12.4. The first-order valence-electron chi connectivity index (χ1n) is 8.27. The predicted octanol–water partition coefficient (Wildman–Crippen LogP) is 3.62. The van der Waals surface area contributed by atoms with Gasteiger partial charge in [-0.05, 0) is 46.3 Å². The molecule has 28 heavy (non-hydrogen) atoms. The molecule has 6 nitrogen and oxygen atoms in total. The minimum absolute atomic E-state index is 0.0244. The van der Waals surface area contributed by atoms with Gasteiger partial charge < -0.3 is 9.47 Å². The summed E-state index contributed by atoms with van der Waals surface area (Å²) >= 11 is 9.15. The van der Waals surface area contributed by atoms with Gasteiger partial charge in [-0.1, -0.05) is 17.7 Å². The first-order valence-corrected chi connectivity index (χ1v) is 10.9. The van der Waals surface area contributed by atoms with Crippen molar-refractivity contribution < 1.29 is 27.1 Å². The number of hydrogen-bond acceptors (Lipinski definition) is 5. The number of ether oxygens (including phenoxy) is 2. The van der Waals surface area contributed by atoms with Crippen molar-refractivity contribution in [3.8, 4) is 0 Å². The lowest BCUT2D eigenvalue weighted by Crippen LogP contribution is -2.40. The number of carbonyl (C=O) groups excluding carboxylic acids is 1. The summed E-state index contributed by atoms with van der Waals surface area (Å²) in [6, 6.07) is 7.95. The summed E-state index contributed by atoms with van der Waals surface area (Å²) in [5, 5.41) is 0.138. The molecule has 0 N–H and O–H groups in total. The van der Waals surface area contributed by atoms with Crippen molar-refractivity contribution in [3.05, 3.63) is 62.8 Å². The number of morpholine rings is 1. The molecule has 150 valence electrons. The van der Waals surface area contributed by atoms with E-state index in [4.69, 9.17) is 21.1 Å². The van der Waals surface area contributed by atoms with Crippen molar-refractivity contribution in [1.82, 2.24) is 4.31 Å². The maximum Gasteiger partial charge on any atom is 0.338 e. The number of esters is 1. The Labute approximate surface area is 175 Å². The van der Waals surface area contributed by atoms with Crippen molar-refractivity contribution in [1.29, 1.82) is 0 Å². The third-order valence-corrected chi connectivity index (χ3v) is 7.37. The number of hydrogen-bond donors (Lipinski definition) is 0. The predicted molar refractivity (Wildman–Crippen MR) is 104 cm³/mol. The second-order valence-corrected chi connectivity index (χ2v) is 9.14. The summed E-state index contributed by atoms with van der Waals surface area (Å²) in [6.45, 7) is 0.951. The van der Waals surface area contributed by atoms with E-state index in [1.165, 1.54) is 34.6 Å². The van der Waals surface area contributed by atoms with Gasteiger partial charge >= 0.3 is 5.97 Å². The first-order chi connectivity index (χ1) is 13.3. The molecule has 0 atom stereocenters. The Morgan fingerprint density at radius 2 is 1.93 bits per heavy atom. The highest BCUT2D eigenvalue weighted by Gasteiger charge is 2.29. The monoisotopic (exact) mass is 491 g/mol. The molecule has 0 aromatic heterocycles. The second kappa shape index (κ2) is 8.87. The highest BCUT2D eigenvalue weighted by Crippen LogP contribution is 2.27. The molecule has 1 aliphatic rings. The van der Waals surface area contributed by atoms with Crippen LogP contribution >= 0.6 is 27.5 Å². The van der Waals surface area contributed by atoms with Crippen molar-refractivity contribution in [3.63, 3.8) is 0 Å². The molecule has 1 fully saturated rings. The molecular formula is C18H16BrClFNO5S.